The number of nitrogens with two attached hydrogens (primary N) is 1. The van der Waals surface area contributed by atoms with Gasteiger partial charge in [-0.3, -0.25) is 9.80 Å². The fourth-order valence-electron chi connectivity index (χ4n) is 2.15. The van der Waals surface area contributed by atoms with Gasteiger partial charge in [0.05, 0.1) is 11.4 Å². The number of piperazine rings is 1. The fourth-order valence-corrected chi connectivity index (χ4v) is 2.66. The van der Waals surface area contributed by atoms with Crippen molar-refractivity contribution in [2.45, 2.75) is 13.5 Å². The van der Waals surface area contributed by atoms with E-state index in [1.807, 2.05) is 13.0 Å². The lowest BCUT2D eigenvalue weighted by Gasteiger charge is -2.33. The van der Waals surface area contributed by atoms with Gasteiger partial charge in [0.25, 0.3) is 0 Å². The van der Waals surface area contributed by atoms with Gasteiger partial charge in [-0.05, 0) is 6.92 Å². The highest BCUT2D eigenvalue weighted by Crippen LogP contribution is 2.08. The van der Waals surface area contributed by atoms with Crippen molar-refractivity contribution in [1.82, 2.24) is 15.0 Å². The van der Waals surface area contributed by atoms with Gasteiger partial charge < -0.3 is 4.52 Å². The molecule has 7 nitrogen and oxygen atoms in total. The summed E-state index contributed by atoms with van der Waals surface area (Å²) >= 11 is 0. The molecule has 0 spiro atoms. The second-order valence-electron chi connectivity index (χ2n) is 4.91. The minimum Gasteiger partial charge on any atom is -0.361 e. The summed E-state index contributed by atoms with van der Waals surface area (Å²) in [5.41, 5.74) is 0.940. The molecular formula is C11H20N4O3S. The summed E-state index contributed by atoms with van der Waals surface area (Å²) in [6, 6.07) is 1.94. The second kappa shape index (κ2) is 6.00. The van der Waals surface area contributed by atoms with Crippen LogP contribution in [0.2, 0.25) is 0 Å². The number of rotatable bonds is 5. The second-order valence-corrected chi connectivity index (χ2v) is 6.65. The van der Waals surface area contributed by atoms with Gasteiger partial charge in [-0.2, -0.15) is 0 Å². The quantitative estimate of drug-likeness (QED) is 0.777. The van der Waals surface area contributed by atoms with Crippen molar-refractivity contribution in [3.8, 4) is 0 Å². The predicted octanol–water partition coefficient (Wildman–Crippen LogP) is -0.611. The number of hydrogen-bond acceptors (Lipinski definition) is 6. The van der Waals surface area contributed by atoms with Crippen LogP contribution in [0, 0.1) is 6.92 Å². The van der Waals surface area contributed by atoms with Crippen LogP contribution in [0.25, 0.3) is 0 Å². The van der Waals surface area contributed by atoms with E-state index in [0.29, 0.717) is 6.54 Å². The molecule has 1 aliphatic rings. The van der Waals surface area contributed by atoms with E-state index in [1.165, 1.54) is 0 Å². The molecule has 19 heavy (non-hydrogen) atoms. The maximum absolute atomic E-state index is 10.9. The Hall–Kier alpha value is -0.960. The van der Waals surface area contributed by atoms with Crippen molar-refractivity contribution in [3.05, 3.63) is 17.5 Å². The summed E-state index contributed by atoms with van der Waals surface area (Å²) in [5, 5.41) is 8.97. The molecule has 1 aromatic rings. The number of primary sulfonamides is 1. The largest absolute Gasteiger partial charge is 0.361 e. The molecule has 1 aliphatic heterocycles. The summed E-state index contributed by atoms with van der Waals surface area (Å²) in [4.78, 5) is 4.40. The van der Waals surface area contributed by atoms with Crippen LogP contribution >= 0.6 is 0 Å². The molecule has 0 aliphatic carbocycles. The first-order chi connectivity index (χ1) is 8.92. The number of nitrogens with zero attached hydrogens (tertiary/aromatic N) is 3. The SMILES string of the molecule is Cc1cc(CN2CCN(CCS(N)(=O)=O)CC2)no1. The van der Waals surface area contributed by atoms with Crippen LogP contribution in [-0.4, -0.2) is 61.9 Å². The molecule has 1 saturated heterocycles. The van der Waals surface area contributed by atoms with Crippen molar-refractivity contribution >= 4 is 10.0 Å². The summed E-state index contributed by atoms with van der Waals surface area (Å²) in [6.45, 7) is 6.67. The average molecular weight is 288 g/mol. The molecule has 0 saturated carbocycles. The van der Waals surface area contributed by atoms with Crippen LogP contribution in [-0.2, 0) is 16.6 Å². The average Bonchev–Trinajstić information content (AvgIpc) is 2.73. The maximum Gasteiger partial charge on any atom is 0.210 e. The summed E-state index contributed by atoms with van der Waals surface area (Å²) < 4.78 is 26.8. The fraction of sp³-hybridized carbons (Fsp3) is 0.727. The molecular weight excluding hydrogens is 268 g/mol. The molecule has 0 bridgehead atoms. The smallest absolute Gasteiger partial charge is 0.210 e. The summed E-state index contributed by atoms with van der Waals surface area (Å²) in [6.07, 6.45) is 0. The van der Waals surface area contributed by atoms with E-state index in [4.69, 9.17) is 9.66 Å². The molecule has 108 valence electrons. The zero-order chi connectivity index (χ0) is 13.9. The van der Waals surface area contributed by atoms with E-state index in [-0.39, 0.29) is 5.75 Å². The van der Waals surface area contributed by atoms with Crippen LogP contribution in [0.3, 0.4) is 0 Å². The topological polar surface area (TPSA) is 92.7 Å². The summed E-state index contributed by atoms with van der Waals surface area (Å²) in [7, 11) is -3.36. The molecule has 2 heterocycles. The Labute approximate surface area is 113 Å². The van der Waals surface area contributed by atoms with Crippen molar-refractivity contribution < 1.29 is 12.9 Å². The Kier molecular flexibility index (Phi) is 4.56. The Balaban J connectivity index is 1.73. The number of aryl methyl sites for hydroxylation is 1. The molecule has 0 amide bonds. The normalized spacial score (nSPS) is 18.8. The molecule has 0 unspecified atom stereocenters. The van der Waals surface area contributed by atoms with Crippen LogP contribution in [0.5, 0.6) is 0 Å². The van der Waals surface area contributed by atoms with E-state index in [0.717, 1.165) is 44.2 Å². The highest BCUT2D eigenvalue weighted by atomic mass is 32.2. The number of sulfonamides is 1. The van der Waals surface area contributed by atoms with E-state index >= 15 is 0 Å². The van der Waals surface area contributed by atoms with Crippen LogP contribution in [0.15, 0.2) is 10.6 Å². The van der Waals surface area contributed by atoms with Gasteiger partial charge in [-0.15, -0.1) is 0 Å². The zero-order valence-corrected chi connectivity index (χ0v) is 11.9. The first-order valence-electron chi connectivity index (χ1n) is 6.30. The van der Waals surface area contributed by atoms with Crippen LogP contribution in [0.1, 0.15) is 11.5 Å². The molecule has 1 aromatic heterocycles. The van der Waals surface area contributed by atoms with E-state index < -0.39 is 10.0 Å². The van der Waals surface area contributed by atoms with Crippen LogP contribution in [0.4, 0.5) is 0 Å². The Morgan fingerprint density at radius 3 is 2.47 bits per heavy atom. The Morgan fingerprint density at radius 1 is 1.32 bits per heavy atom. The van der Waals surface area contributed by atoms with Gasteiger partial charge in [0.1, 0.15) is 5.76 Å². The van der Waals surface area contributed by atoms with E-state index in [2.05, 4.69) is 15.0 Å². The molecule has 0 atom stereocenters. The first kappa shape index (κ1) is 14.4. The van der Waals surface area contributed by atoms with Gasteiger partial charge in [-0.25, -0.2) is 13.6 Å². The lowest BCUT2D eigenvalue weighted by Crippen LogP contribution is -2.47. The molecule has 0 aromatic carbocycles. The minimum absolute atomic E-state index is 0.0233. The van der Waals surface area contributed by atoms with E-state index in [9.17, 15) is 8.42 Å². The molecule has 2 N–H and O–H groups in total. The van der Waals surface area contributed by atoms with Gasteiger partial charge in [-0.1, -0.05) is 5.16 Å². The van der Waals surface area contributed by atoms with Crippen molar-refractivity contribution in [1.29, 1.82) is 0 Å². The van der Waals surface area contributed by atoms with Gasteiger partial charge in [0.15, 0.2) is 0 Å². The monoisotopic (exact) mass is 288 g/mol. The van der Waals surface area contributed by atoms with Crippen molar-refractivity contribution in [3.63, 3.8) is 0 Å². The third kappa shape index (κ3) is 4.90. The molecule has 2 rings (SSSR count). The zero-order valence-electron chi connectivity index (χ0n) is 11.1. The molecule has 1 fully saturated rings. The van der Waals surface area contributed by atoms with Gasteiger partial charge in [0.2, 0.25) is 10.0 Å². The highest BCUT2D eigenvalue weighted by Gasteiger charge is 2.18. The van der Waals surface area contributed by atoms with Crippen LogP contribution < -0.4 is 5.14 Å². The van der Waals surface area contributed by atoms with Crippen molar-refractivity contribution in [2.24, 2.45) is 5.14 Å². The van der Waals surface area contributed by atoms with Gasteiger partial charge in [0, 0.05) is 45.3 Å². The minimum atomic E-state index is -3.36. The van der Waals surface area contributed by atoms with E-state index in [1.54, 1.807) is 0 Å². The van der Waals surface area contributed by atoms with Gasteiger partial charge >= 0.3 is 0 Å². The number of hydrogen-bond donors (Lipinski definition) is 1. The number of aromatic nitrogens is 1. The molecule has 0 radical (unpaired) electrons. The third-order valence-corrected chi connectivity index (χ3v) is 3.97. The maximum atomic E-state index is 10.9. The Morgan fingerprint density at radius 2 is 1.95 bits per heavy atom. The predicted molar refractivity (Wildman–Crippen MR) is 70.9 cm³/mol. The standard InChI is InChI=1S/C11H20N4O3S/c1-10-8-11(13-18-10)9-15-4-2-14(3-5-15)6-7-19(12,16)17/h8H,2-7,9H2,1H3,(H2,12,16,17). The Bertz CT molecular complexity index is 506. The van der Waals surface area contributed by atoms with Crippen molar-refractivity contribution in [2.75, 3.05) is 38.5 Å². The summed E-state index contributed by atoms with van der Waals surface area (Å²) in [5.74, 6) is 0.844. The highest BCUT2D eigenvalue weighted by molar-refractivity contribution is 7.89. The first-order valence-corrected chi connectivity index (χ1v) is 8.01. The molecule has 8 heteroatoms. The third-order valence-electron chi connectivity index (χ3n) is 3.22. The lowest BCUT2D eigenvalue weighted by molar-refractivity contribution is 0.130. The lowest BCUT2D eigenvalue weighted by atomic mass is 10.3.